The summed E-state index contributed by atoms with van der Waals surface area (Å²) in [6.07, 6.45) is 1.22. The van der Waals surface area contributed by atoms with Crippen molar-refractivity contribution >= 4 is 11.6 Å². The lowest BCUT2D eigenvalue weighted by molar-refractivity contribution is 0.295. The molecule has 2 rings (SSSR count). The van der Waals surface area contributed by atoms with E-state index in [1.165, 1.54) is 12.0 Å². The average Bonchev–Trinajstić information content (AvgIpc) is 2.30. The van der Waals surface area contributed by atoms with E-state index in [1.54, 1.807) is 0 Å². The second-order valence-electron chi connectivity index (χ2n) is 4.58. The highest BCUT2D eigenvalue weighted by atomic mass is 35.5. The second kappa shape index (κ2) is 5.67. The van der Waals surface area contributed by atoms with Crippen LogP contribution >= 0.6 is 11.6 Å². The Morgan fingerprint density at radius 1 is 1.38 bits per heavy atom. The molecule has 2 atom stereocenters. The highest BCUT2D eigenvalue weighted by Crippen LogP contribution is 2.13. The van der Waals surface area contributed by atoms with Gasteiger partial charge in [-0.3, -0.25) is 0 Å². The molecule has 1 heterocycles. The average molecular weight is 239 g/mol. The molecule has 2 nitrogen and oxygen atoms in total. The number of benzene rings is 1. The highest BCUT2D eigenvalue weighted by molar-refractivity contribution is 6.30. The van der Waals surface area contributed by atoms with Crippen molar-refractivity contribution in [3.8, 4) is 0 Å². The number of hydrogen-bond acceptors (Lipinski definition) is 2. The molecule has 2 unspecified atom stereocenters. The maximum Gasteiger partial charge on any atom is 0.0406 e. The number of halogens is 1. The van der Waals surface area contributed by atoms with E-state index in [1.807, 2.05) is 12.1 Å². The predicted octanol–water partition coefficient (Wildman–Crippen LogP) is 2.43. The van der Waals surface area contributed by atoms with Gasteiger partial charge < -0.3 is 10.6 Å². The first-order chi connectivity index (χ1) is 7.75. The van der Waals surface area contributed by atoms with Crippen LogP contribution in [0, 0.1) is 5.92 Å². The first-order valence-corrected chi connectivity index (χ1v) is 6.32. The summed E-state index contributed by atoms with van der Waals surface area (Å²) in [5, 5.41) is 7.84. The summed E-state index contributed by atoms with van der Waals surface area (Å²) in [4.78, 5) is 0. The minimum Gasteiger partial charge on any atom is -0.316 e. The summed E-state index contributed by atoms with van der Waals surface area (Å²) in [7, 11) is 0. The van der Waals surface area contributed by atoms with Crippen molar-refractivity contribution in [1.29, 1.82) is 0 Å². The van der Waals surface area contributed by atoms with E-state index in [2.05, 4.69) is 29.7 Å². The maximum atomic E-state index is 5.86. The van der Waals surface area contributed by atoms with Gasteiger partial charge in [-0.15, -0.1) is 0 Å². The van der Waals surface area contributed by atoms with Crippen LogP contribution in [0.25, 0.3) is 0 Å². The fourth-order valence-corrected chi connectivity index (χ4v) is 2.29. The first-order valence-electron chi connectivity index (χ1n) is 5.94. The van der Waals surface area contributed by atoms with Crippen molar-refractivity contribution in [1.82, 2.24) is 10.6 Å². The summed E-state index contributed by atoms with van der Waals surface area (Å²) in [5.41, 5.74) is 1.30. The third kappa shape index (κ3) is 3.21. The Labute approximate surface area is 102 Å². The van der Waals surface area contributed by atoms with Crippen LogP contribution in [-0.4, -0.2) is 19.1 Å². The Bertz CT molecular complexity index is 323. The molecule has 0 aliphatic carbocycles. The van der Waals surface area contributed by atoms with E-state index >= 15 is 0 Å². The topological polar surface area (TPSA) is 24.1 Å². The van der Waals surface area contributed by atoms with Crippen LogP contribution in [0.4, 0.5) is 0 Å². The minimum absolute atomic E-state index is 0.636. The number of rotatable bonds is 3. The zero-order chi connectivity index (χ0) is 11.4. The largest absolute Gasteiger partial charge is 0.316 e. The molecule has 1 aliphatic rings. The van der Waals surface area contributed by atoms with Gasteiger partial charge in [0.15, 0.2) is 0 Å². The van der Waals surface area contributed by atoms with Gasteiger partial charge >= 0.3 is 0 Å². The van der Waals surface area contributed by atoms with Crippen molar-refractivity contribution in [2.45, 2.75) is 25.9 Å². The molecule has 1 saturated heterocycles. The molecule has 0 radical (unpaired) electrons. The molecule has 2 N–H and O–H groups in total. The molecule has 3 heteroatoms. The molecular weight excluding hydrogens is 220 g/mol. The van der Waals surface area contributed by atoms with Crippen molar-refractivity contribution in [2.24, 2.45) is 5.92 Å². The summed E-state index contributed by atoms with van der Waals surface area (Å²) in [6, 6.07) is 8.70. The van der Waals surface area contributed by atoms with Crippen LogP contribution in [0.15, 0.2) is 24.3 Å². The Morgan fingerprint density at radius 2 is 2.12 bits per heavy atom. The van der Waals surface area contributed by atoms with E-state index in [4.69, 9.17) is 11.6 Å². The summed E-state index contributed by atoms with van der Waals surface area (Å²) < 4.78 is 0. The zero-order valence-electron chi connectivity index (χ0n) is 9.67. The summed E-state index contributed by atoms with van der Waals surface area (Å²) in [6.45, 7) is 5.48. The van der Waals surface area contributed by atoms with Crippen LogP contribution in [0.2, 0.25) is 5.02 Å². The van der Waals surface area contributed by atoms with Gasteiger partial charge in [-0.25, -0.2) is 0 Å². The van der Waals surface area contributed by atoms with Crippen molar-refractivity contribution in [2.75, 3.05) is 13.1 Å². The molecule has 0 aromatic heterocycles. The minimum atomic E-state index is 0.636. The van der Waals surface area contributed by atoms with Crippen molar-refractivity contribution in [3.63, 3.8) is 0 Å². The number of piperidine rings is 1. The van der Waals surface area contributed by atoms with Crippen LogP contribution in [-0.2, 0) is 6.54 Å². The number of hydrogen-bond donors (Lipinski definition) is 2. The highest BCUT2D eigenvalue weighted by Gasteiger charge is 2.19. The van der Waals surface area contributed by atoms with Crippen molar-refractivity contribution in [3.05, 3.63) is 34.9 Å². The monoisotopic (exact) mass is 238 g/mol. The van der Waals surface area contributed by atoms with Crippen LogP contribution in [0.1, 0.15) is 18.9 Å². The quantitative estimate of drug-likeness (QED) is 0.845. The molecule has 1 fully saturated rings. The van der Waals surface area contributed by atoms with Crippen molar-refractivity contribution < 1.29 is 0 Å². The van der Waals surface area contributed by atoms with Crippen LogP contribution < -0.4 is 10.6 Å². The fourth-order valence-electron chi connectivity index (χ4n) is 2.17. The summed E-state index contributed by atoms with van der Waals surface area (Å²) in [5.74, 6) is 0.709. The maximum absolute atomic E-state index is 5.86. The fraction of sp³-hybridized carbons (Fsp3) is 0.538. The van der Waals surface area contributed by atoms with Gasteiger partial charge in [0.1, 0.15) is 0 Å². The lowest BCUT2D eigenvalue weighted by Crippen LogP contribution is -2.45. The molecule has 1 aliphatic heterocycles. The van der Waals surface area contributed by atoms with Gasteiger partial charge in [0.05, 0.1) is 0 Å². The van der Waals surface area contributed by atoms with E-state index in [0.717, 1.165) is 24.7 Å². The van der Waals surface area contributed by atoms with E-state index in [-0.39, 0.29) is 0 Å². The third-order valence-corrected chi connectivity index (χ3v) is 3.52. The van der Waals surface area contributed by atoms with Gasteiger partial charge in [0.25, 0.3) is 0 Å². The Kier molecular flexibility index (Phi) is 4.22. The van der Waals surface area contributed by atoms with E-state index in [9.17, 15) is 0 Å². The summed E-state index contributed by atoms with van der Waals surface area (Å²) >= 11 is 5.86. The molecule has 0 bridgehead atoms. The Morgan fingerprint density at radius 3 is 2.81 bits per heavy atom. The van der Waals surface area contributed by atoms with E-state index in [0.29, 0.717) is 12.0 Å². The van der Waals surface area contributed by atoms with Gasteiger partial charge in [0, 0.05) is 17.6 Å². The molecule has 0 amide bonds. The lowest BCUT2D eigenvalue weighted by Gasteiger charge is -2.30. The second-order valence-corrected chi connectivity index (χ2v) is 5.02. The van der Waals surface area contributed by atoms with Crippen LogP contribution in [0.3, 0.4) is 0 Å². The first kappa shape index (κ1) is 11.9. The van der Waals surface area contributed by atoms with Gasteiger partial charge in [-0.2, -0.15) is 0 Å². The third-order valence-electron chi connectivity index (χ3n) is 3.27. The molecule has 0 spiro atoms. The van der Waals surface area contributed by atoms with Crippen LogP contribution in [0.5, 0.6) is 0 Å². The molecule has 88 valence electrons. The van der Waals surface area contributed by atoms with E-state index < -0.39 is 0 Å². The normalized spacial score (nSPS) is 25.6. The van der Waals surface area contributed by atoms with Gasteiger partial charge in [-0.05, 0) is 43.1 Å². The molecule has 0 saturated carbocycles. The zero-order valence-corrected chi connectivity index (χ0v) is 10.4. The molecule has 1 aromatic carbocycles. The lowest BCUT2D eigenvalue weighted by atomic mass is 9.95. The van der Waals surface area contributed by atoms with Gasteiger partial charge in [0.2, 0.25) is 0 Å². The molecule has 16 heavy (non-hydrogen) atoms. The SMILES string of the molecule is CC1CNCCC1NCc1ccc(Cl)cc1. The molecule has 1 aromatic rings. The smallest absolute Gasteiger partial charge is 0.0406 e. The Balaban J connectivity index is 1.84. The number of nitrogens with one attached hydrogen (secondary N) is 2. The Hall–Kier alpha value is -0.570. The molecular formula is C13H19ClN2. The predicted molar refractivity (Wildman–Crippen MR) is 68.7 cm³/mol. The van der Waals surface area contributed by atoms with Gasteiger partial charge in [-0.1, -0.05) is 30.7 Å². The standard InChI is InChI=1S/C13H19ClN2/c1-10-8-15-7-6-13(10)16-9-11-2-4-12(14)5-3-11/h2-5,10,13,15-16H,6-9H2,1H3.